The van der Waals surface area contributed by atoms with Gasteiger partial charge in [0.25, 0.3) is 0 Å². The molecule has 0 radical (unpaired) electrons. The first-order valence-electron chi connectivity index (χ1n) is 3.45. The molecule has 1 aromatic rings. The summed E-state index contributed by atoms with van der Waals surface area (Å²) in [7, 11) is -1.32. The van der Waals surface area contributed by atoms with Gasteiger partial charge in [-0.3, -0.25) is 4.21 Å². The van der Waals surface area contributed by atoms with Gasteiger partial charge in [0.05, 0.1) is 21.8 Å². The van der Waals surface area contributed by atoms with Crippen LogP contribution in [0.25, 0.3) is 0 Å². The molecule has 0 aromatic heterocycles. The molecule has 1 atom stereocenters. The largest absolute Gasteiger partial charge is 0.398 e. The van der Waals surface area contributed by atoms with Gasteiger partial charge in [-0.2, -0.15) is 5.26 Å². The topological polar surface area (TPSA) is 66.9 Å². The molecule has 2 N–H and O–H groups in total. The number of nitrogens with zero attached hydrogens (tertiary/aromatic N) is 1. The Bertz CT molecular complexity index is 386. The second-order valence-corrected chi connectivity index (χ2v) is 4.67. The molecule has 0 amide bonds. The Labute approximate surface area is 87.1 Å². The molecule has 0 aliphatic rings. The Morgan fingerprint density at radius 3 is 2.92 bits per heavy atom. The molecular weight excluding hydrogens is 252 g/mol. The van der Waals surface area contributed by atoms with Crippen molar-refractivity contribution >= 4 is 32.4 Å². The van der Waals surface area contributed by atoms with E-state index in [0.29, 0.717) is 10.6 Å². The maximum atomic E-state index is 11.4. The molecule has 68 valence electrons. The van der Waals surface area contributed by atoms with E-state index >= 15 is 0 Å². The van der Waals surface area contributed by atoms with Gasteiger partial charge < -0.3 is 5.73 Å². The van der Waals surface area contributed by atoms with E-state index in [1.165, 1.54) is 0 Å². The van der Waals surface area contributed by atoms with Gasteiger partial charge in [0.2, 0.25) is 0 Å². The number of hydrogen-bond acceptors (Lipinski definition) is 3. The molecule has 0 aliphatic carbocycles. The smallest absolute Gasteiger partial charge is 0.115 e. The van der Waals surface area contributed by atoms with Crippen LogP contribution in [-0.4, -0.2) is 9.96 Å². The highest BCUT2D eigenvalue weighted by Gasteiger charge is 2.07. The molecule has 13 heavy (non-hydrogen) atoms. The number of benzene rings is 1. The van der Waals surface area contributed by atoms with E-state index in [4.69, 9.17) is 11.0 Å². The van der Waals surface area contributed by atoms with Crippen molar-refractivity contribution in [3.8, 4) is 6.07 Å². The van der Waals surface area contributed by atoms with E-state index in [9.17, 15) is 4.21 Å². The van der Waals surface area contributed by atoms with E-state index in [1.807, 2.05) is 6.07 Å². The molecule has 0 saturated heterocycles. The van der Waals surface area contributed by atoms with Crippen molar-refractivity contribution in [2.75, 3.05) is 11.5 Å². The number of anilines is 1. The summed E-state index contributed by atoms with van der Waals surface area (Å²) in [5.74, 6) is -0.0271. The third-order valence-corrected chi connectivity index (χ3v) is 3.15. The van der Waals surface area contributed by atoms with Gasteiger partial charge in [-0.25, -0.2) is 0 Å². The second kappa shape index (κ2) is 4.40. The molecule has 0 bridgehead atoms. The maximum Gasteiger partial charge on any atom is 0.115 e. The van der Waals surface area contributed by atoms with E-state index in [0.717, 1.165) is 4.47 Å². The first-order chi connectivity index (χ1) is 6.15. The minimum atomic E-state index is -1.32. The lowest BCUT2D eigenvalue weighted by atomic mass is 10.3. The zero-order chi connectivity index (χ0) is 9.84. The van der Waals surface area contributed by atoms with Crippen molar-refractivity contribution in [2.45, 2.75) is 4.90 Å². The van der Waals surface area contributed by atoms with Crippen molar-refractivity contribution < 1.29 is 4.21 Å². The van der Waals surface area contributed by atoms with Crippen molar-refractivity contribution in [1.29, 1.82) is 5.26 Å². The van der Waals surface area contributed by atoms with E-state index in [-0.39, 0.29) is 5.75 Å². The van der Waals surface area contributed by atoms with Gasteiger partial charge in [-0.05, 0) is 18.2 Å². The summed E-state index contributed by atoms with van der Waals surface area (Å²) in [6.07, 6.45) is 0. The standard InChI is InChI=1S/C8H7BrN2OS/c9-6-1-2-7(11)8(5-6)13(12)4-3-10/h1-2,5H,4,11H2. The monoisotopic (exact) mass is 258 g/mol. The summed E-state index contributed by atoms with van der Waals surface area (Å²) in [4.78, 5) is 0.510. The number of rotatable bonds is 2. The average molecular weight is 259 g/mol. The first kappa shape index (κ1) is 10.2. The van der Waals surface area contributed by atoms with Crippen LogP contribution in [0, 0.1) is 11.3 Å². The van der Waals surface area contributed by atoms with E-state index in [1.54, 1.807) is 18.2 Å². The highest BCUT2D eigenvalue weighted by atomic mass is 79.9. The zero-order valence-corrected chi connectivity index (χ0v) is 9.06. The molecule has 1 rings (SSSR count). The maximum absolute atomic E-state index is 11.4. The van der Waals surface area contributed by atoms with Gasteiger partial charge in [-0.15, -0.1) is 0 Å². The lowest BCUT2D eigenvalue weighted by Gasteiger charge is -2.02. The quantitative estimate of drug-likeness (QED) is 0.821. The summed E-state index contributed by atoms with van der Waals surface area (Å²) >= 11 is 3.24. The normalized spacial score (nSPS) is 12.0. The van der Waals surface area contributed by atoms with Crippen molar-refractivity contribution in [3.05, 3.63) is 22.7 Å². The van der Waals surface area contributed by atoms with Crippen LogP contribution < -0.4 is 5.73 Å². The van der Waals surface area contributed by atoms with Crippen LogP contribution in [0.2, 0.25) is 0 Å². The molecule has 0 spiro atoms. The third-order valence-electron chi connectivity index (χ3n) is 1.42. The summed E-state index contributed by atoms with van der Waals surface area (Å²) < 4.78 is 12.2. The van der Waals surface area contributed by atoms with Crippen LogP contribution in [0.1, 0.15) is 0 Å². The van der Waals surface area contributed by atoms with Crippen molar-refractivity contribution in [3.63, 3.8) is 0 Å². The number of nitrogens with two attached hydrogens (primary N) is 1. The van der Waals surface area contributed by atoms with Crippen molar-refractivity contribution in [1.82, 2.24) is 0 Å². The molecule has 0 heterocycles. The van der Waals surface area contributed by atoms with Crippen molar-refractivity contribution in [2.24, 2.45) is 0 Å². The minimum Gasteiger partial charge on any atom is -0.398 e. The number of nitrogen functional groups attached to an aromatic ring is 1. The van der Waals surface area contributed by atoms with Crippen LogP contribution >= 0.6 is 15.9 Å². The highest BCUT2D eigenvalue weighted by molar-refractivity contribution is 9.10. The Morgan fingerprint density at radius 1 is 1.62 bits per heavy atom. The van der Waals surface area contributed by atoms with Gasteiger partial charge in [0, 0.05) is 10.2 Å². The summed E-state index contributed by atoms with van der Waals surface area (Å²) in [5, 5.41) is 8.36. The molecule has 1 aromatic carbocycles. The molecule has 5 heteroatoms. The number of nitriles is 1. The Kier molecular flexibility index (Phi) is 3.46. The first-order valence-corrected chi connectivity index (χ1v) is 5.56. The molecular formula is C8H7BrN2OS. The predicted octanol–water partition coefficient (Wildman–Crippen LogP) is 1.66. The fraction of sp³-hybridized carbons (Fsp3) is 0.125. The van der Waals surface area contributed by atoms with Crippen LogP contribution in [-0.2, 0) is 10.8 Å². The lowest BCUT2D eigenvalue weighted by molar-refractivity contribution is 0.685. The van der Waals surface area contributed by atoms with Gasteiger partial charge in [-0.1, -0.05) is 15.9 Å². The van der Waals surface area contributed by atoms with Gasteiger partial charge in [0.1, 0.15) is 5.75 Å². The SMILES string of the molecule is N#CCS(=O)c1cc(Br)ccc1N. The van der Waals surface area contributed by atoms with Gasteiger partial charge in [0.15, 0.2) is 0 Å². The molecule has 3 nitrogen and oxygen atoms in total. The Balaban J connectivity index is 3.07. The minimum absolute atomic E-state index is 0.0271. The van der Waals surface area contributed by atoms with Gasteiger partial charge >= 0.3 is 0 Å². The number of halogens is 1. The molecule has 0 aliphatic heterocycles. The van der Waals surface area contributed by atoms with Crippen LogP contribution in [0.3, 0.4) is 0 Å². The Morgan fingerprint density at radius 2 is 2.31 bits per heavy atom. The van der Waals surface area contributed by atoms with E-state index < -0.39 is 10.8 Å². The van der Waals surface area contributed by atoms with E-state index in [2.05, 4.69) is 15.9 Å². The number of hydrogen-bond donors (Lipinski definition) is 1. The third kappa shape index (κ3) is 2.54. The fourth-order valence-electron chi connectivity index (χ4n) is 0.842. The average Bonchev–Trinajstić information content (AvgIpc) is 2.09. The summed E-state index contributed by atoms with van der Waals surface area (Å²) in [6.45, 7) is 0. The highest BCUT2D eigenvalue weighted by Crippen LogP contribution is 2.21. The Hall–Kier alpha value is -0.860. The molecule has 1 unspecified atom stereocenters. The van der Waals surface area contributed by atoms with Crippen LogP contribution in [0.4, 0.5) is 5.69 Å². The van der Waals surface area contributed by atoms with Crippen LogP contribution in [0.15, 0.2) is 27.6 Å². The molecule has 0 fully saturated rings. The molecule has 0 saturated carbocycles. The zero-order valence-electron chi connectivity index (χ0n) is 6.66. The summed E-state index contributed by atoms with van der Waals surface area (Å²) in [6, 6.07) is 6.94. The van der Waals surface area contributed by atoms with Crippen LogP contribution in [0.5, 0.6) is 0 Å². The predicted molar refractivity (Wildman–Crippen MR) is 55.4 cm³/mol. The lowest BCUT2D eigenvalue weighted by Crippen LogP contribution is -2.00. The fourth-order valence-corrected chi connectivity index (χ4v) is 2.22. The second-order valence-electron chi connectivity index (χ2n) is 2.33. The summed E-state index contributed by atoms with van der Waals surface area (Å²) in [5.41, 5.74) is 6.05.